The molecule has 172 valence electrons. The maximum absolute atomic E-state index is 10.1. The van der Waals surface area contributed by atoms with Crippen molar-refractivity contribution in [2.24, 2.45) is 0 Å². The third-order valence-electron chi connectivity index (χ3n) is 4.04. The van der Waals surface area contributed by atoms with E-state index < -0.39 is 0 Å². The van der Waals surface area contributed by atoms with Crippen molar-refractivity contribution in [3.63, 3.8) is 0 Å². The molecule has 4 radical (unpaired) electrons. The van der Waals surface area contributed by atoms with Crippen molar-refractivity contribution >= 4 is 17.6 Å². The van der Waals surface area contributed by atoms with Crippen molar-refractivity contribution in [3.8, 4) is 0 Å². The van der Waals surface area contributed by atoms with Gasteiger partial charge in [0.25, 0.3) is 0 Å². The van der Waals surface area contributed by atoms with Crippen molar-refractivity contribution in [1.82, 2.24) is 0 Å². The molecule has 33 heavy (non-hydrogen) atoms. The van der Waals surface area contributed by atoms with E-state index in [9.17, 15) is 20.4 Å². The van der Waals surface area contributed by atoms with E-state index in [0.29, 0.717) is 0 Å². The van der Waals surface area contributed by atoms with Crippen LogP contribution in [0.5, 0.6) is 0 Å². The van der Waals surface area contributed by atoms with Gasteiger partial charge in [-0.25, -0.2) is 0 Å². The number of benzene rings is 4. The van der Waals surface area contributed by atoms with Crippen molar-refractivity contribution < 1.29 is 20.4 Å². The van der Waals surface area contributed by atoms with Gasteiger partial charge in [0.15, 0.2) is 0 Å². The van der Waals surface area contributed by atoms with E-state index in [-0.39, 0.29) is 44.0 Å². The molecule has 0 aliphatic heterocycles. The summed E-state index contributed by atoms with van der Waals surface area (Å²) in [6, 6.07) is 37.2. The van der Waals surface area contributed by atoms with Crippen LogP contribution in [0.3, 0.4) is 0 Å². The second-order valence-corrected chi connectivity index (χ2v) is 6.52. The van der Waals surface area contributed by atoms with Crippen LogP contribution < -0.4 is 20.4 Å². The minimum Gasteiger partial charge on any atom is -0.851 e. The molecule has 0 spiro atoms. The van der Waals surface area contributed by atoms with Gasteiger partial charge in [-0.05, 0) is 0 Å². The topological polar surface area (TPSA) is 92.2 Å². The molecule has 0 heterocycles. The van der Waals surface area contributed by atoms with E-state index in [1.54, 1.807) is 0 Å². The van der Waals surface area contributed by atoms with Gasteiger partial charge in [-0.15, -0.1) is 26.4 Å². The second kappa shape index (κ2) is 21.1. The SMILES string of the molecule is [Ge].[O-]Cc1ccccc1.[O-]Cc1ccccc1.[O-]Cc1ccccc1.[O-]Cc1ccccc1. The molecular weight excluding hydrogens is 473 g/mol. The molecule has 0 unspecified atom stereocenters. The van der Waals surface area contributed by atoms with Gasteiger partial charge in [-0.1, -0.05) is 144 Å². The second-order valence-electron chi connectivity index (χ2n) is 6.52. The summed E-state index contributed by atoms with van der Waals surface area (Å²) in [5.74, 6) is 0. The molecule has 0 saturated heterocycles. The average Bonchev–Trinajstić information content (AvgIpc) is 2.91. The zero-order chi connectivity index (χ0) is 23.3. The fraction of sp³-hybridized carbons (Fsp3) is 0.143. The molecule has 0 N–H and O–H groups in total. The maximum Gasteiger partial charge on any atom is 0 e. The monoisotopic (exact) mass is 502 g/mol. The van der Waals surface area contributed by atoms with Gasteiger partial charge in [-0.3, -0.25) is 0 Å². The van der Waals surface area contributed by atoms with E-state index in [1.807, 2.05) is 121 Å². The zero-order valence-corrected chi connectivity index (χ0v) is 20.6. The normalized spacial score (nSPS) is 8.85. The first-order valence-corrected chi connectivity index (χ1v) is 10.2. The first-order valence-electron chi connectivity index (χ1n) is 10.2. The van der Waals surface area contributed by atoms with E-state index in [0.717, 1.165) is 22.3 Å². The van der Waals surface area contributed by atoms with Crippen LogP contribution in [0.2, 0.25) is 0 Å². The Morgan fingerprint density at radius 1 is 0.303 bits per heavy atom. The van der Waals surface area contributed by atoms with Crippen molar-refractivity contribution in [1.29, 1.82) is 0 Å². The summed E-state index contributed by atoms with van der Waals surface area (Å²) in [6.45, 7) is -0.441. The maximum atomic E-state index is 10.1. The summed E-state index contributed by atoms with van der Waals surface area (Å²) in [6.07, 6.45) is 0. The van der Waals surface area contributed by atoms with Gasteiger partial charge in [0.2, 0.25) is 0 Å². The van der Waals surface area contributed by atoms with Crippen LogP contribution in [0.1, 0.15) is 22.3 Å². The molecule has 0 aromatic heterocycles. The van der Waals surface area contributed by atoms with E-state index in [2.05, 4.69) is 0 Å². The molecule has 0 fully saturated rings. The van der Waals surface area contributed by atoms with E-state index in [1.165, 1.54) is 0 Å². The molecule has 0 bridgehead atoms. The molecule has 0 amide bonds. The van der Waals surface area contributed by atoms with Gasteiger partial charge in [0.1, 0.15) is 0 Å². The molecule has 4 aromatic rings. The Bertz CT molecular complexity index is 747. The van der Waals surface area contributed by atoms with Gasteiger partial charge < -0.3 is 20.4 Å². The van der Waals surface area contributed by atoms with Crippen LogP contribution >= 0.6 is 0 Å². The van der Waals surface area contributed by atoms with Crippen LogP contribution in [-0.4, -0.2) is 17.6 Å². The third-order valence-corrected chi connectivity index (χ3v) is 4.04. The molecule has 4 aromatic carbocycles. The first-order chi connectivity index (χ1) is 15.7. The third kappa shape index (κ3) is 15.7. The molecule has 5 heteroatoms. The summed E-state index contributed by atoms with van der Waals surface area (Å²) in [4.78, 5) is 0. The number of hydrogen-bond acceptors (Lipinski definition) is 4. The summed E-state index contributed by atoms with van der Waals surface area (Å²) < 4.78 is 0. The van der Waals surface area contributed by atoms with Gasteiger partial charge in [0, 0.05) is 17.6 Å². The van der Waals surface area contributed by atoms with Gasteiger partial charge >= 0.3 is 0 Å². The van der Waals surface area contributed by atoms with Crippen LogP contribution in [0, 0.1) is 0 Å². The predicted octanol–water partition coefficient (Wildman–Crippen LogP) is 1.81. The summed E-state index contributed by atoms with van der Waals surface area (Å²) >= 11 is 0. The van der Waals surface area contributed by atoms with Crippen LogP contribution in [0.4, 0.5) is 0 Å². The zero-order valence-electron chi connectivity index (χ0n) is 18.5. The van der Waals surface area contributed by atoms with Gasteiger partial charge in [-0.2, -0.15) is 0 Å². The smallest absolute Gasteiger partial charge is 0 e. The van der Waals surface area contributed by atoms with Crippen LogP contribution in [-0.2, 0) is 26.4 Å². The number of hydrogen-bond donors (Lipinski definition) is 0. The Labute approximate surface area is 207 Å². The Kier molecular flexibility index (Phi) is 19.4. The minimum absolute atomic E-state index is 0. The Morgan fingerprint density at radius 2 is 0.455 bits per heavy atom. The molecule has 0 aliphatic carbocycles. The first kappa shape index (κ1) is 30.3. The van der Waals surface area contributed by atoms with E-state index >= 15 is 0 Å². The summed E-state index contributed by atoms with van der Waals surface area (Å²) in [5, 5.41) is 40.5. The summed E-state index contributed by atoms with van der Waals surface area (Å²) in [7, 11) is 0. The summed E-state index contributed by atoms with van der Waals surface area (Å²) in [5.41, 5.74) is 3.42. The largest absolute Gasteiger partial charge is 0.851 e. The van der Waals surface area contributed by atoms with Gasteiger partial charge in [0.05, 0.1) is 0 Å². The standard InChI is InChI=1S/4C7H7O.Ge/c4*8-6-7-4-2-1-3-5-7;/h4*1-5H,6H2;/q4*-1;. The molecule has 4 nitrogen and oxygen atoms in total. The fourth-order valence-corrected chi connectivity index (χ4v) is 2.30. The Balaban J connectivity index is 0.000000410. The number of rotatable bonds is 4. The predicted molar refractivity (Wildman–Crippen MR) is 126 cm³/mol. The molecule has 0 saturated carbocycles. The van der Waals surface area contributed by atoms with Crippen molar-refractivity contribution in [2.45, 2.75) is 26.4 Å². The molecule has 4 rings (SSSR count). The Hall–Kier alpha value is -2.74. The average molecular weight is 501 g/mol. The molecular formula is C28H28GeO4-4. The van der Waals surface area contributed by atoms with Crippen molar-refractivity contribution in [2.75, 3.05) is 0 Å². The Morgan fingerprint density at radius 3 is 0.545 bits per heavy atom. The fourth-order valence-electron chi connectivity index (χ4n) is 2.30. The van der Waals surface area contributed by atoms with Crippen LogP contribution in [0.25, 0.3) is 0 Å². The quantitative estimate of drug-likeness (QED) is 0.399. The minimum atomic E-state index is -0.110. The molecule has 0 aliphatic rings. The van der Waals surface area contributed by atoms with Crippen LogP contribution in [0.15, 0.2) is 121 Å². The van der Waals surface area contributed by atoms with Crippen molar-refractivity contribution in [3.05, 3.63) is 144 Å². The molecule has 0 atom stereocenters. The van der Waals surface area contributed by atoms with E-state index in [4.69, 9.17) is 0 Å².